The number of fused-ring (bicyclic) bond motifs is 3. The van der Waals surface area contributed by atoms with Gasteiger partial charge < -0.3 is 0 Å². The van der Waals surface area contributed by atoms with E-state index in [1.54, 1.807) is 0 Å². The first kappa shape index (κ1) is 12.7. The number of carbonyl (C=O) groups excluding carboxylic acids is 1. The second-order valence-corrected chi connectivity index (χ2v) is 7.01. The van der Waals surface area contributed by atoms with Gasteiger partial charge >= 0.3 is 119 Å². The Morgan fingerprint density at radius 1 is 1.05 bits per heavy atom. The molecule has 2 aromatic carbocycles. The van der Waals surface area contributed by atoms with Crippen LogP contribution in [0.2, 0.25) is 0 Å². The monoisotopic (exact) mass is 316 g/mol. The Balaban J connectivity index is 2.18. The molecule has 0 spiro atoms. The molecule has 0 amide bonds. The molecule has 0 fully saturated rings. The van der Waals surface area contributed by atoms with E-state index in [1.807, 2.05) is 12.1 Å². The maximum atomic E-state index is 12.3. The van der Waals surface area contributed by atoms with Crippen molar-refractivity contribution in [1.29, 1.82) is 0 Å². The third-order valence-corrected chi connectivity index (χ3v) is 6.02. The standard InChI is InChI=1S/C17H16OSe/c1-2-3-10-15(18)14-9-6-8-13-12-7-4-5-11-16(12)19-17(13)14/h4-9,11H,2-3,10H2,1H3. The van der Waals surface area contributed by atoms with Crippen molar-refractivity contribution in [2.45, 2.75) is 26.2 Å². The first-order valence-electron chi connectivity index (χ1n) is 6.74. The van der Waals surface area contributed by atoms with Crippen molar-refractivity contribution in [1.82, 2.24) is 0 Å². The molecular weight excluding hydrogens is 299 g/mol. The molecule has 0 atom stereocenters. The van der Waals surface area contributed by atoms with Gasteiger partial charge in [-0.2, -0.15) is 0 Å². The zero-order valence-electron chi connectivity index (χ0n) is 11.0. The van der Waals surface area contributed by atoms with Crippen LogP contribution >= 0.6 is 0 Å². The molecule has 1 aromatic heterocycles. The molecule has 0 aliphatic rings. The fraction of sp³-hybridized carbons (Fsp3) is 0.235. The Labute approximate surface area is 119 Å². The quantitative estimate of drug-likeness (QED) is 0.514. The molecule has 96 valence electrons. The van der Waals surface area contributed by atoms with Crippen molar-refractivity contribution in [2.75, 3.05) is 0 Å². The van der Waals surface area contributed by atoms with Crippen LogP contribution in [0.15, 0.2) is 42.5 Å². The van der Waals surface area contributed by atoms with Crippen molar-refractivity contribution in [3.05, 3.63) is 48.0 Å². The van der Waals surface area contributed by atoms with Crippen LogP contribution in [0.3, 0.4) is 0 Å². The van der Waals surface area contributed by atoms with Gasteiger partial charge in [-0.05, 0) is 0 Å². The molecule has 1 nitrogen and oxygen atoms in total. The minimum atomic E-state index is 0.282. The van der Waals surface area contributed by atoms with E-state index in [4.69, 9.17) is 0 Å². The van der Waals surface area contributed by atoms with Crippen molar-refractivity contribution >= 4 is 39.6 Å². The fourth-order valence-electron chi connectivity index (χ4n) is 2.44. The summed E-state index contributed by atoms with van der Waals surface area (Å²) in [5.74, 6) is 0.313. The van der Waals surface area contributed by atoms with E-state index in [-0.39, 0.29) is 14.5 Å². The van der Waals surface area contributed by atoms with Gasteiger partial charge in [-0.1, -0.05) is 0 Å². The van der Waals surface area contributed by atoms with Crippen molar-refractivity contribution in [3.8, 4) is 0 Å². The average molecular weight is 315 g/mol. The number of carbonyl (C=O) groups is 1. The van der Waals surface area contributed by atoms with E-state index < -0.39 is 0 Å². The molecule has 0 bridgehead atoms. The molecule has 19 heavy (non-hydrogen) atoms. The van der Waals surface area contributed by atoms with E-state index in [9.17, 15) is 4.79 Å². The summed E-state index contributed by atoms with van der Waals surface area (Å²) in [6.45, 7) is 2.13. The molecule has 1 heterocycles. The molecule has 0 saturated carbocycles. The van der Waals surface area contributed by atoms with Crippen molar-refractivity contribution < 1.29 is 4.79 Å². The Bertz CT molecular complexity index is 739. The van der Waals surface area contributed by atoms with Crippen LogP contribution in [0.4, 0.5) is 0 Å². The molecule has 3 aromatic rings. The molecule has 0 unspecified atom stereocenters. The topological polar surface area (TPSA) is 17.1 Å². The Morgan fingerprint density at radius 3 is 2.68 bits per heavy atom. The number of benzene rings is 2. The Morgan fingerprint density at radius 2 is 1.84 bits per heavy atom. The van der Waals surface area contributed by atoms with E-state index in [0.717, 1.165) is 18.4 Å². The number of hydrogen-bond donors (Lipinski definition) is 0. The molecule has 0 N–H and O–H groups in total. The van der Waals surface area contributed by atoms with Crippen LogP contribution in [0, 0.1) is 0 Å². The number of ketones is 1. The number of rotatable bonds is 4. The minimum absolute atomic E-state index is 0.282. The second-order valence-electron chi connectivity index (χ2n) is 4.81. The van der Waals surface area contributed by atoms with Gasteiger partial charge in [0.05, 0.1) is 0 Å². The maximum absolute atomic E-state index is 12.3. The zero-order valence-corrected chi connectivity index (χ0v) is 12.7. The summed E-state index contributed by atoms with van der Waals surface area (Å²) in [5.41, 5.74) is 0.960. The molecule has 0 radical (unpaired) electrons. The van der Waals surface area contributed by atoms with Gasteiger partial charge in [-0.3, -0.25) is 0 Å². The molecular formula is C17H16OSe. The number of Topliss-reactive ketones (excluding diaryl/α,β-unsaturated/α-hetero) is 1. The Hall–Kier alpha value is -1.37. The van der Waals surface area contributed by atoms with Gasteiger partial charge in [0.1, 0.15) is 0 Å². The van der Waals surface area contributed by atoms with Crippen molar-refractivity contribution in [3.63, 3.8) is 0 Å². The van der Waals surface area contributed by atoms with Crippen LogP contribution in [0.1, 0.15) is 36.5 Å². The second kappa shape index (κ2) is 5.32. The summed E-state index contributed by atoms with van der Waals surface area (Å²) < 4.78 is 2.69. The van der Waals surface area contributed by atoms with Gasteiger partial charge in [0, 0.05) is 0 Å². The van der Waals surface area contributed by atoms with Crippen LogP contribution in [0.25, 0.3) is 19.3 Å². The third-order valence-electron chi connectivity index (χ3n) is 3.46. The van der Waals surface area contributed by atoms with Crippen LogP contribution < -0.4 is 0 Å². The molecule has 0 aliphatic heterocycles. The fourth-order valence-corrected chi connectivity index (χ4v) is 5.03. The van der Waals surface area contributed by atoms with E-state index >= 15 is 0 Å². The Kier molecular flexibility index (Phi) is 3.54. The molecule has 3 rings (SSSR count). The van der Waals surface area contributed by atoms with E-state index in [0.29, 0.717) is 12.2 Å². The summed E-state index contributed by atoms with van der Waals surface area (Å²) in [5, 5.41) is 2.60. The van der Waals surface area contributed by atoms with Gasteiger partial charge in [0.25, 0.3) is 0 Å². The number of unbranched alkanes of at least 4 members (excludes halogenated alkanes) is 1. The average Bonchev–Trinajstić information content (AvgIpc) is 2.83. The van der Waals surface area contributed by atoms with Crippen molar-refractivity contribution in [2.24, 2.45) is 0 Å². The zero-order chi connectivity index (χ0) is 13.2. The summed E-state index contributed by atoms with van der Waals surface area (Å²) in [4.78, 5) is 12.3. The summed E-state index contributed by atoms with van der Waals surface area (Å²) in [6.07, 6.45) is 2.74. The predicted molar refractivity (Wildman–Crippen MR) is 82.2 cm³/mol. The first-order valence-corrected chi connectivity index (χ1v) is 8.46. The predicted octanol–water partition coefficient (Wildman–Crippen LogP) is 4.42. The van der Waals surface area contributed by atoms with Gasteiger partial charge in [-0.15, -0.1) is 0 Å². The van der Waals surface area contributed by atoms with Gasteiger partial charge in [0.15, 0.2) is 0 Å². The summed E-state index contributed by atoms with van der Waals surface area (Å²) in [7, 11) is 0. The normalized spacial score (nSPS) is 11.2. The summed E-state index contributed by atoms with van der Waals surface area (Å²) in [6, 6.07) is 14.7. The SMILES string of the molecule is CCCCC(=O)c1cccc2c1[se]c1ccccc12. The van der Waals surface area contributed by atoms with Crippen LogP contribution in [0.5, 0.6) is 0 Å². The number of hydrogen-bond acceptors (Lipinski definition) is 1. The molecule has 0 saturated heterocycles. The first-order chi connectivity index (χ1) is 9.31. The third kappa shape index (κ3) is 2.27. The molecule has 2 heteroatoms. The molecule has 0 aliphatic carbocycles. The van der Waals surface area contributed by atoms with Crippen LogP contribution in [-0.2, 0) is 0 Å². The van der Waals surface area contributed by atoms with Gasteiger partial charge in [0.2, 0.25) is 0 Å². The van der Waals surface area contributed by atoms with Crippen LogP contribution in [-0.4, -0.2) is 20.3 Å². The van der Waals surface area contributed by atoms with Gasteiger partial charge in [-0.25, -0.2) is 0 Å². The van der Waals surface area contributed by atoms with E-state index in [1.165, 1.54) is 19.3 Å². The van der Waals surface area contributed by atoms with E-state index in [2.05, 4.69) is 37.3 Å². The summed E-state index contributed by atoms with van der Waals surface area (Å²) >= 11 is 0.282.